The molecule has 0 unspecified atom stereocenters. The summed E-state index contributed by atoms with van der Waals surface area (Å²) in [5.74, 6) is 2.01. The molecule has 25 heavy (non-hydrogen) atoms. The van der Waals surface area contributed by atoms with E-state index in [4.69, 9.17) is 0 Å². The lowest BCUT2D eigenvalue weighted by atomic mass is 10.3. The number of aryl methyl sites for hydroxylation is 1. The monoisotopic (exact) mass is 338 g/mol. The van der Waals surface area contributed by atoms with Crippen molar-refractivity contribution in [2.45, 2.75) is 13.5 Å². The Morgan fingerprint density at radius 1 is 1.24 bits per heavy atom. The van der Waals surface area contributed by atoms with Crippen LogP contribution in [0.5, 0.6) is 0 Å². The molecule has 0 saturated heterocycles. The van der Waals surface area contributed by atoms with E-state index in [0.29, 0.717) is 17.5 Å². The maximum absolute atomic E-state index is 12.4. The summed E-state index contributed by atoms with van der Waals surface area (Å²) in [6, 6.07) is 5.17. The second-order valence-electron chi connectivity index (χ2n) is 5.52. The zero-order valence-corrected chi connectivity index (χ0v) is 14.2. The number of aromatic nitrogens is 6. The van der Waals surface area contributed by atoms with E-state index in [1.54, 1.807) is 48.4 Å². The molecule has 1 N–H and O–H groups in total. The Morgan fingerprint density at radius 2 is 2.08 bits per heavy atom. The number of nitrogens with one attached hydrogen (secondary N) is 1. The zero-order valence-electron chi connectivity index (χ0n) is 14.2. The second kappa shape index (κ2) is 7.04. The van der Waals surface area contributed by atoms with Gasteiger partial charge in [0.25, 0.3) is 5.91 Å². The highest BCUT2D eigenvalue weighted by Gasteiger charge is 2.12. The van der Waals surface area contributed by atoms with Crippen LogP contribution in [0, 0.1) is 6.92 Å². The normalized spacial score (nSPS) is 10.5. The lowest BCUT2D eigenvalue weighted by Gasteiger charge is -2.12. The Morgan fingerprint density at radius 3 is 2.80 bits per heavy atom. The molecule has 128 valence electrons. The number of carbonyl (C=O) groups excluding carboxylic acids is 1. The van der Waals surface area contributed by atoms with Crippen molar-refractivity contribution in [1.29, 1.82) is 0 Å². The van der Waals surface area contributed by atoms with Crippen LogP contribution < -0.4 is 10.2 Å². The van der Waals surface area contributed by atoms with E-state index in [9.17, 15) is 4.79 Å². The van der Waals surface area contributed by atoms with Gasteiger partial charge >= 0.3 is 0 Å². The highest BCUT2D eigenvalue weighted by atomic mass is 16.1. The van der Waals surface area contributed by atoms with Gasteiger partial charge in [-0.25, -0.2) is 24.6 Å². The van der Waals surface area contributed by atoms with E-state index in [0.717, 1.165) is 5.82 Å². The van der Waals surface area contributed by atoms with Crippen molar-refractivity contribution in [3.63, 3.8) is 0 Å². The maximum atomic E-state index is 12.4. The smallest absolute Gasteiger partial charge is 0.270 e. The molecule has 1 amide bonds. The Kier molecular flexibility index (Phi) is 4.64. The van der Waals surface area contributed by atoms with E-state index < -0.39 is 0 Å². The molecule has 0 saturated carbocycles. The Bertz CT molecular complexity index is 876. The fraction of sp³-hybridized carbons (Fsp3) is 0.250. The molecule has 0 bridgehead atoms. The summed E-state index contributed by atoms with van der Waals surface area (Å²) >= 11 is 0. The standard InChI is InChI=1S/C16H18N8O/c1-11-20-12(9-15(21-11)24-8-4-6-19-24)16(25)18-10-13-17-7-5-14(22-13)23(2)3/h4-9H,10H2,1-3H3,(H,18,25). The topological polar surface area (TPSA) is 102 Å². The Labute approximate surface area is 144 Å². The molecule has 9 heteroatoms. The van der Waals surface area contributed by atoms with Gasteiger partial charge in [-0.15, -0.1) is 0 Å². The van der Waals surface area contributed by atoms with Crippen LogP contribution in [0.4, 0.5) is 5.82 Å². The predicted molar refractivity (Wildman–Crippen MR) is 91.4 cm³/mol. The minimum Gasteiger partial charge on any atom is -0.363 e. The van der Waals surface area contributed by atoms with Gasteiger partial charge in [-0.05, 0) is 19.1 Å². The van der Waals surface area contributed by atoms with Crippen LogP contribution >= 0.6 is 0 Å². The quantitative estimate of drug-likeness (QED) is 0.732. The van der Waals surface area contributed by atoms with E-state index in [1.165, 1.54) is 0 Å². The second-order valence-corrected chi connectivity index (χ2v) is 5.52. The third kappa shape index (κ3) is 3.94. The number of carbonyl (C=O) groups is 1. The third-order valence-electron chi connectivity index (χ3n) is 3.35. The molecule has 0 radical (unpaired) electrons. The number of hydrogen-bond acceptors (Lipinski definition) is 7. The molecule has 0 aromatic carbocycles. The highest BCUT2D eigenvalue weighted by molar-refractivity contribution is 5.92. The van der Waals surface area contributed by atoms with Gasteiger partial charge < -0.3 is 10.2 Å². The van der Waals surface area contributed by atoms with Crippen LogP contribution in [0.2, 0.25) is 0 Å². The van der Waals surface area contributed by atoms with E-state index in [1.807, 2.05) is 19.0 Å². The molecule has 3 aromatic heterocycles. The van der Waals surface area contributed by atoms with Gasteiger partial charge in [-0.2, -0.15) is 5.10 Å². The van der Waals surface area contributed by atoms with Crippen molar-refractivity contribution in [3.05, 3.63) is 54.1 Å². The molecular formula is C16H18N8O. The third-order valence-corrected chi connectivity index (χ3v) is 3.35. The van der Waals surface area contributed by atoms with Crippen LogP contribution in [-0.2, 0) is 6.54 Å². The Balaban J connectivity index is 1.74. The highest BCUT2D eigenvalue weighted by Crippen LogP contribution is 2.07. The first-order valence-electron chi connectivity index (χ1n) is 7.66. The first-order valence-corrected chi connectivity index (χ1v) is 7.66. The molecule has 3 rings (SSSR count). The van der Waals surface area contributed by atoms with Crippen LogP contribution in [0.15, 0.2) is 36.8 Å². The first-order chi connectivity index (χ1) is 12.0. The zero-order chi connectivity index (χ0) is 17.8. The van der Waals surface area contributed by atoms with Crippen molar-refractivity contribution in [3.8, 4) is 5.82 Å². The van der Waals surface area contributed by atoms with Gasteiger partial charge in [0.1, 0.15) is 23.2 Å². The molecule has 0 aliphatic carbocycles. The average Bonchev–Trinajstić information content (AvgIpc) is 3.14. The number of anilines is 1. The average molecular weight is 338 g/mol. The van der Waals surface area contributed by atoms with Crippen molar-refractivity contribution < 1.29 is 4.79 Å². The van der Waals surface area contributed by atoms with E-state index in [-0.39, 0.29) is 18.1 Å². The number of nitrogens with zero attached hydrogens (tertiary/aromatic N) is 7. The molecule has 3 heterocycles. The molecule has 0 aliphatic rings. The summed E-state index contributed by atoms with van der Waals surface area (Å²) in [6.45, 7) is 1.94. The molecule has 3 aromatic rings. The lowest BCUT2D eigenvalue weighted by Crippen LogP contribution is -2.26. The molecule has 0 spiro atoms. The number of rotatable bonds is 5. The predicted octanol–water partition coefficient (Wildman–Crippen LogP) is 0.757. The molecular weight excluding hydrogens is 320 g/mol. The van der Waals surface area contributed by atoms with Gasteiger partial charge in [0, 0.05) is 38.8 Å². The number of hydrogen-bond donors (Lipinski definition) is 1. The fourth-order valence-electron chi connectivity index (χ4n) is 2.16. The molecule has 0 fully saturated rings. The maximum Gasteiger partial charge on any atom is 0.270 e. The first kappa shape index (κ1) is 16.5. The minimum absolute atomic E-state index is 0.209. The summed E-state index contributed by atoms with van der Waals surface area (Å²) in [4.78, 5) is 31.3. The largest absolute Gasteiger partial charge is 0.363 e. The van der Waals surface area contributed by atoms with Crippen molar-refractivity contribution in [2.75, 3.05) is 19.0 Å². The summed E-state index contributed by atoms with van der Waals surface area (Å²) in [5.41, 5.74) is 0.266. The van der Waals surface area contributed by atoms with Gasteiger partial charge in [0.2, 0.25) is 0 Å². The molecule has 9 nitrogen and oxygen atoms in total. The van der Waals surface area contributed by atoms with E-state index in [2.05, 4.69) is 30.4 Å². The molecule has 0 aliphatic heterocycles. The van der Waals surface area contributed by atoms with Crippen LogP contribution in [0.25, 0.3) is 5.82 Å². The van der Waals surface area contributed by atoms with Crippen LogP contribution in [-0.4, -0.2) is 49.7 Å². The van der Waals surface area contributed by atoms with Gasteiger partial charge in [0.05, 0.1) is 6.54 Å². The number of amides is 1. The van der Waals surface area contributed by atoms with Crippen molar-refractivity contribution >= 4 is 11.7 Å². The Hall–Kier alpha value is -3.36. The van der Waals surface area contributed by atoms with Gasteiger partial charge in [-0.3, -0.25) is 4.79 Å². The van der Waals surface area contributed by atoms with Gasteiger partial charge in [0.15, 0.2) is 5.82 Å². The SMILES string of the molecule is Cc1nc(C(=O)NCc2nccc(N(C)C)n2)cc(-n2cccn2)n1. The van der Waals surface area contributed by atoms with Crippen LogP contribution in [0.1, 0.15) is 22.1 Å². The summed E-state index contributed by atoms with van der Waals surface area (Å²) in [5, 5.41) is 6.90. The van der Waals surface area contributed by atoms with Crippen LogP contribution in [0.3, 0.4) is 0 Å². The van der Waals surface area contributed by atoms with Crippen molar-refractivity contribution in [2.24, 2.45) is 0 Å². The summed E-state index contributed by atoms with van der Waals surface area (Å²) < 4.78 is 1.58. The fourth-order valence-corrected chi connectivity index (χ4v) is 2.16. The molecule has 0 atom stereocenters. The summed E-state index contributed by atoms with van der Waals surface area (Å²) in [7, 11) is 3.79. The van der Waals surface area contributed by atoms with Gasteiger partial charge in [-0.1, -0.05) is 0 Å². The van der Waals surface area contributed by atoms with Crippen molar-refractivity contribution in [1.82, 2.24) is 35.0 Å². The lowest BCUT2D eigenvalue weighted by molar-refractivity contribution is 0.0944. The minimum atomic E-state index is -0.322. The van der Waals surface area contributed by atoms with E-state index >= 15 is 0 Å². The summed E-state index contributed by atoms with van der Waals surface area (Å²) in [6.07, 6.45) is 5.06.